The number of aromatic amines is 1. The van der Waals surface area contributed by atoms with Crippen LogP contribution in [-0.4, -0.2) is 15.1 Å². The minimum Gasteiger partial charge on any atom is -0.508 e. The van der Waals surface area contributed by atoms with Crippen LogP contribution >= 0.6 is 0 Å². The number of rotatable bonds is 0. The summed E-state index contributed by atoms with van der Waals surface area (Å²) in [4.78, 5) is 6.70. The van der Waals surface area contributed by atoms with E-state index in [1.807, 2.05) is 6.07 Å². The molecule has 0 saturated carbocycles. The van der Waals surface area contributed by atoms with Crippen molar-refractivity contribution in [1.82, 2.24) is 9.97 Å². The van der Waals surface area contributed by atoms with Gasteiger partial charge in [0.1, 0.15) is 11.8 Å². The molecule has 0 amide bonds. The Morgan fingerprint density at radius 3 is 3.08 bits per heavy atom. The summed E-state index contributed by atoms with van der Waals surface area (Å²) in [6, 6.07) is 6.61. The lowest BCUT2D eigenvalue weighted by Gasteiger charge is -1.88. The molecule has 0 aliphatic carbocycles. The third kappa shape index (κ3) is 0.883. The third-order valence-electron chi connectivity index (χ3n) is 1.57. The summed E-state index contributed by atoms with van der Waals surface area (Å²) >= 11 is 0. The molecule has 0 aliphatic rings. The van der Waals surface area contributed by atoms with Gasteiger partial charge < -0.3 is 10.1 Å². The number of nitrogens with one attached hydrogen (secondary N) is 1. The molecule has 0 fully saturated rings. The monoisotopic (exact) mass is 159 g/mol. The summed E-state index contributed by atoms with van der Waals surface area (Å²) in [5.41, 5.74) is 1.36. The predicted molar refractivity (Wildman–Crippen MR) is 42.5 cm³/mol. The molecular formula is C8H5N3O. The van der Waals surface area contributed by atoms with Crippen molar-refractivity contribution >= 4 is 11.0 Å². The Bertz CT molecular complexity index is 467. The van der Waals surface area contributed by atoms with E-state index in [4.69, 9.17) is 10.4 Å². The van der Waals surface area contributed by atoms with E-state index in [1.54, 1.807) is 6.07 Å². The van der Waals surface area contributed by atoms with E-state index in [-0.39, 0.29) is 11.6 Å². The fraction of sp³-hybridized carbons (Fsp3) is 0. The van der Waals surface area contributed by atoms with Gasteiger partial charge in [-0.15, -0.1) is 0 Å². The Hall–Kier alpha value is -2.02. The molecule has 0 aliphatic heterocycles. The second-order valence-corrected chi connectivity index (χ2v) is 2.40. The highest BCUT2D eigenvalue weighted by Gasteiger charge is 2.00. The molecule has 4 nitrogen and oxygen atoms in total. The zero-order chi connectivity index (χ0) is 8.55. The zero-order valence-corrected chi connectivity index (χ0v) is 6.07. The van der Waals surface area contributed by atoms with Gasteiger partial charge in [0.25, 0.3) is 0 Å². The molecule has 0 bridgehead atoms. The number of hydrogen-bond donors (Lipinski definition) is 2. The topological polar surface area (TPSA) is 72.7 Å². The van der Waals surface area contributed by atoms with Gasteiger partial charge in [0, 0.05) is 6.07 Å². The van der Waals surface area contributed by atoms with Crippen molar-refractivity contribution < 1.29 is 5.11 Å². The quantitative estimate of drug-likeness (QED) is 0.605. The van der Waals surface area contributed by atoms with Crippen LogP contribution in [0.5, 0.6) is 5.75 Å². The second-order valence-electron chi connectivity index (χ2n) is 2.40. The molecule has 0 radical (unpaired) electrons. The number of phenols is 1. The number of hydrogen-bond acceptors (Lipinski definition) is 3. The van der Waals surface area contributed by atoms with Crippen molar-refractivity contribution in [3.05, 3.63) is 24.0 Å². The van der Waals surface area contributed by atoms with Crippen LogP contribution in [0.25, 0.3) is 11.0 Å². The van der Waals surface area contributed by atoms with Crippen molar-refractivity contribution in [2.24, 2.45) is 0 Å². The number of benzene rings is 1. The summed E-state index contributed by atoms with van der Waals surface area (Å²) in [5.74, 6) is 0.422. The van der Waals surface area contributed by atoms with Crippen molar-refractivity contribution in [3.8, 4) is 11.8 Å². The third-order valence-corrected chi connectivity index (χ3v) is 1.57. The molecule has 0 saturated heterocycles. The van der Waals surface area contributed by atoms with Crippen LogP contribution in [0, 0.1) is 11.3 Å². The van der Waals surface area contributed by atoms with E-state index in [0.29, 0.717) is 11.0 Å². The van der Waals surface area contributed by atoms with E-state index in [9.17, 15) is 0 Å². The molecule has 0 unspecified atom stereocenters. The summed E-state index contributed by atoms with van der Waals surface area (Å²) in [6.07, 6.45) is 0. The highest BCUT2D eigenvalue weighted by Crippen LogP contribution is 2.16. The van der Waals surface area contributed by atoms with E-state index in [1.165, 1.54) is 12.1 Å². The van der Waals surface area contributed by atoms with Crippen LogP contribution in [0.2, 0.25) is 0 Å². The Morgan fingerprint density at radius 2 is 2.33 bits per heavy atom. The second kappa shape index (κ2) is 2.24. The van der Waals surface area contributed by atoms with Crippen LogP contribution < -0.4 is 0 Å². The zero-order valence-electron chi connectivity index (χ0n) is 6.07. The first-order valence-electron chi connectivity index (χ1n) is 3.38. The highest BCUT2D eigenvalue weighted by molar-refractivity contribution is 5.77. The van der Waals surface area contributed by atoms with E-state index < -0.39 is 0 Å². The van der Waals surface area contributed by atoms with Gasteiger partial charge >= 0.3 is 0 Å². The molecule has 2 rings (SSSR count). The Balaban J connectivity index is 2.77. The number of fused-ring (bicyclic) bond motifs is 1. The standard InChI is InChI=1S/C8H5N3O/c9-4-8-10-6-2-1-5(12)3-7(6)11-8/h1-3,12H,(H,10,11). The number of imidazole rings is 1. The predicted octanol–water partition coefficient (Wildman–Crippen LogP) is 1.14. The molecule has 2 N–H and O–H groups in total. The van der Waals surface area contributed by atoms with Gasteiger partial charge in [0.05, 0.1) is 11.0 Å². The Morgan fingerprint density at radius 1 is 1.50 bits per heavy atom. The van der Waals surface area contributed by atoms with E-state index in [0.717, 1.165) is 0 Å². The molecule has 58 valence electrons. The average Bonchev–Trinajstić information content (AvgIpc) is 2.46. The minimum absolute atomic E-state index is 0.163. The lowest BCUT2D eigenvalue weighted by Crippen LogP contribution is -1.71. The van der Waals surface area contributed by atoms with Crippen LogP contribution in [0.15, 0.2) is 18.2 Å². The normalized spacial score (nSPS) is 9.92. The van der Waals surface area contributed by atoms with Crippen molar-refractivity contribution in [2.45, 2.75) is 0 Å². The van der Waals surface area contributed by atoms with Gasteiger partial charge in [-0.1, -0.05) is 0 Å². The van der Waals surface area contributed by atoms with Gasteiger partial charge in [0.2, 0.25) is 5.82 Å². The van der Waals surface area contributed by atoms with Crippen molar-refractivity contribution in [2.75, 3.05) is 0 Å². The fourth-order valence-electron chi connectivity index (χ4n) is 1.05. The number of aromatic hydroxyl groups is 1. The first kappa shape index (κ1) is 6.68. The molecule has 12 heavy (non-hydrogen) atoms. The molecule has 1 heterocycles. The maximum atomic E-state index is 9.08. The molecular weight excluding hydrogens is 154 g/mol. The maximum Gasteiger partial charge on any atom is 0.211 e. The summed E-state index contributed by atoms with van der Waals surface area (Å²) < 4.78 is 0. The van der Waals surface area contributed by atoms with Gasteiger partial charge in [-0.3, -0.25) is 0 Å². The number of aromatic nitrogens is 2. The fourth-order valence-corrected chi connectivity index (χ4v) is 1.05. The van der Waals surface area contributed by atoms with Gasteiger partial charge in [-0.2, -0.15) is 5.26 Å². The lowest BCUT2D eigenvalue weighted by atomic mass is 10.3. The van der Waals surface area contributed by atoms with Crippen LogP contribution in [-0.2, 0) is 0 Å². The van der Waals surface area contributed by atoms with Crippen LogP contribution in [0.4, 0.5) is 0 Å². The first-order valence-corrected chi connectivity index (χ1v) is 3.38. The summed E-state index contributed by atoms with van der Waals surface area (Å²) in [5, 5.41) is 17.6. The Labute approximate surface area is 68.1 Å². The van der Waals surface area contributed by atoms with Crippen molar-refractivity contribution in [1.29, 1.82) is 5.26 Å². The number of nitriles is 1. The van der Waals surface area contributed by atoms with Crippen molar-refractivity contribution in [3.63, 3.8) is 0 Å². The van der Waals surface area contributed by atoms with Crippen LogP contribution in [0.3, 0.4) is 0 Å². The molecule has 0 spiro atoms. The average molecular weight is 159 g/mol. The van der Waals surface area contributed by atoms with Gasteiger partial charge in [0.15, 0.2) is 0 Å². The smallest absolute Gasteiger partial charge is 0.211 e. The first-order chi connectivity index (χ1) is 5.79. The molecule has 2 aromatic rings. The number of phenolic OH excluding ortho intramolecular Hbond substituents is 1. The molecule has 4 heteroatoms. The van der Waals surface area contributed by atoms with Crippen LogP contribution in [0.1, 0.15) is 5.82 Å². The summed E-state index contributed by atoms with van der Waals surface area (Å²) in [6.45, 7) is 0. The lowest BCUT2D eigenvalue weighted by molar-refractivity contribution is 0.476. The SMILES string of the molecule is N#Cc1nc2ccc(O)cc2[nH]1. The Kier molecular flexibility index (Phi) is 1.25. The molecule has 0 atom stereocenters. The summed E-state index contributed by atoms with van der Waals surface area (Å²) in [7, 11) is 0. The number of H-pyrrole nitrogens is 1. The van der Waals surface area contributed by atoms with E-state index in [2.05, 4.69) is 9.97 Å². The maximum absolute atomic E-state index is 9.08. The largest absolute Gasteiger partial charge is 0.508 e. The van der Waals surface area contributed by atoms with E-state index >= 15 is 0 Å². The van der Waals surface area contributed by atoms with Gasteiger partial charge in [-0.05, 0) is 12.1 Å². The van der Waals surface area contributed by atoms with Gasteiger partial charge in [-0.25, -0.2) is 4.98 Å². The minimum atomic E-state index is 0.163. The highest BCUT2D eigenvalue weighted by atomic mass is 16.3. The number of nitrogens with zero attached hydrogens (tertiary/aromatic N) is 2. The molecule has 1 aromatic heterocycles. The molecule has 1 aromatic carbocycles.